The normalized spacial score (nSPS) is 17.5. The third kappa shape index (κ3) is 3.43. The van der Waals surface area contributed by atoms with Crippen LogP contribution in [0.15, 0.2) is 29.5 Å². The Kier molecular flexibility index (Phi) is 4.29. The average Bonchev–Trinajstić information content (AvgIpc) is 2.37. The first kappa shape index (κ1) is 15.6. The Bertz CT molecular complexity index is 492. The van der Waals surface area contributed by atoms with Crippen LogP contribution < -0.4 is 0 Å². The summed E-state index contributed by atoms with van der Waals surface area (Å²) in [6.45, 7) is 14.4. The third-order valence-electron chi connectivity index (χ3n) is 4.47. The minimum absolute atomic E-state index is 0.251. The van der Waals surface area contributed by atoms with E-state index in [1.165, 1.54) is 36.8 Å². The van der Waals surface area contributed by atoms with Crippen LogP contribution in [0.2, 0.25) is 19.6 Å². The maximum Gasteiger partial charge on any atom is 0.0728 e. The summed E-state index contributed by atoms with van der Waals surface area (Å²) in [4.78, 5) is 0. The van der Waals surface area contributed by atoms with Crippen LogP contribution in [-0.2, 0) is 5.41 Å². The molecule has 0 bridgehead atoms. The second-order valence-corrected chi connectivity index (χ2v) is 13.3. The Hall–Kier alpha value is -0.823. The molecule has 20 heavy (non-hydrogen) atoms. The molecular formula is C19H30Si. The van der Waals surface area contributed by atoms with Gasteiger partial charge in [0.1, 0.15) is 0 Å². The predicted molar refractivity (Wildman–Crippen MR) is 93.9 cm³/mol. The molecule has 0 aromatic heterocycles. The van der Waals surface area contributed by atoms with Gasteiger partial charge >= 0.3 is 0 Å². The quantitative estimate of drug-likeness (QED) is 0.569. The lowest BCUT2D eigenvalue weighted by atomic mass is 9.85. The lowest BCUT2D eigenvalue weighted by Gasteiger charge is -2.30. The van der Waals surface area contributed by atoms with Crippen LogP contribution in [0.5, 0.6) is 0 Å². The molecular weight excluding hydrogens is 256 g/mol. The molecule has 1 heteroatoms. The average molecular weight is 287 g/mol. The molecule has 0 atom stereocenters. The fraction of sp³-hybridized carbons (Fsp3) is 0.579. The van der Waals surface area contributed by atoms with Crippen LogP contribution in [-0.4, -0.2) is 8.07 Å². The first-order chi connectivity index (χ1) is 9.19. The summed E-state index contributed by atoms with van der Waals surface area (Å²) in [6, 6.07) is 9.39. The highest BCUT2D eigenvalue weighted by molar-refractivity contribution is 6.84. The molecule has 0 nitrogen and oxygen atoms in total. The number of benzene rings is 1. The Labute approximate surface area is 126 Å². The first-order valence-corrected chi connectivity index (χ1v) is 11.5. The van der Waals surface area contributed by atoms with Gasteiger partial charge in [0.15, 0.2) is 0 Å². The minimum atomic E-state index is -1.17. The van der Waals surface area contributed by atoms with E-state index in [-0.39, 0.29) is 5.41 Å². The first-order valence-electron chi connectivity index (χ1n) is 8.03. The molecule has 0 unspecified atom stereocenters. The predicted octanol–water partition coefficient (Wildman–Crippen LogP) is 6.19. The van der Waals surface area contributed by atoms with Gasteiger partial charge in [-0.3, -0.25) is 0 Å². The number of allylic oxidation sites excluding steroid dienone is 2. The minimum Gasteiger partial charge on any atom is -0.0773 e. The largest absolute Gasteiger partial charge is 0.0773 e. The zero-order chi connectivity index (χ0) is 15.0. The standard InChI is InChI=1S/C19H30Si/c1-19(2,3)16-13-11-15(12-14-16)17-9-7-8-10-18(17)20(4,5)6/h11-14H,7-10H2,1-6H3. The SMILES string of the molecule is CC(C)(C)c1ccc(C2=C([Si](C)(C)C)CCCC2)cc1. The van der Waals surface area contributed by atoms with Gasteiger partial charge in [0, 0.05) is 0 Å². The molecule has 0 saturated carbocycles. The molecule has 0 spiro atoms. The molecule has 0 heterocycles. The van der Waals surface area contributed by atoms with Crippen molar-refractivity contribution in [1.82, 2.24) is 0 Å². The van der Waals surface area contributed by atoms with E-state index in [0.717, 1.165) is 0 Å². The maximum atomic E-state index is 2.50. The molecule has 0 amide bonds. The molecule has 0 radical (unpaired) electrons. The number of rotatable bonds is 2. The number of hydrogen-bond donors (Lipinski definition) is 0. The fourth-order valence-electron chi connectivity index (χ4n) is 3.22. The molecule has 1 aromatic rings. The Morgan fingerprint density at radius 3 is 1.90 bits per heavy atom. The van der Waals surface area contributed by atoms with Gasteiger partial charge in [-0.25, -0.2) is 0 Å². The van der Waals surface area contributed by atoms with E-state index in [4.69, 9.17) is 0 Å². The van der Waals surface area contributed by atoms with Crippen LogP contribution in [0.25, 0.3) is 5.57 Å². The van der Waals surface area contributed by atoms with Crippen molar-refractivity contribution >= 4 is 13.6 Å². The van der Waals surface area contributed by atoms with E-state index in [1.54, 1.807) is 5.57 Å². The highest BCUT2D eigenvalue weighted by Gasteiger charge is 2.26. The van der Waals surface area contributed by atoms with E-state index in [2.05, 4.69) is 64.7 Å². The Balaban J connectivity index is 2.41. The van der Waals surface area contributed by atoms with Crippen molar-refractivity contribution in [1.29, 1.82) is 0 Å². The second kappa shape index (κ2) is 5.52. The van der Waals surface area contributed by atoms with Crippen LogP contribution >= 0.6 is 0 Å². The van der Waals surface area contributed by atoms with Crippen molar-refractivity contribution in [2.24, 2.45) is 0 Å². The molecule has 0 fully saturated rings. The molecule has 2 rings (SSSR count). The molecule has 110 valence electrons. The van der Waals surface area contributed by atoms with Gasteiger partial charge in [-0.1, -0.05) is 69.9 Å². The summed E-state index contributed by atoms with van der Waals surface area (Å²) in [5, 5.41) is 1.81. The molecule has 0 saturated heterocycles. The van der Waals surface area contributed by atoms with Crippen LogP contribution in [0.3, 0.4) is 0 Å². The van der Waals surface area contributed by atoms with Gasteiger partial charge in [0.2, 0.25) is 0 Å². The lowest BCUT2D eigenvalue weighted by Crippen LogP contribution is -2.26. The zero-order valence-corrected chi connectivity index (χ0v) is 15.1. The summed E-state index contributed by atoms with van der Waals surface area (Å²) in [7, 11) is -1.17. The lowest BCUT2D eigenvalue weighted by molar-refractivity contribution is 0.590. The Morgan fingerprint density at radius 2 is 1.40 bits per heavy atom. The van der Waals surface area contributed by atoms with Crippen molar-refractivity contribution < 1.29 is 0 Å². The van der Waals surface area contributed by atoms with Crippen molar-refractivity contribution in [3.63, 3.8) is 0 Å². The smallest absolute Gasteiger partial charge is 0.0728 e. The van der Waals surface area contributed by atoms with Crippen molar-refractivity contribution in [2.75, 3.05) is 0 Å². The van der Waals surface area contributed by atoms with Crippen LogP contribution in [0.1, 0.15) is 57.6 Å². The molecule has 1 aromatic carbocycles. The molecule has 1 aliphatic carbocycles. The van der Waals surface area contributed by atoms with Crippen molar-refractivity contribution in [3.05, 3.63) is 40.6 Å². The molecule has 1 aliphatic rings. The van der Waals surface area contributed by atoms with Crippen LogP contribution in [0, 0.1) is 0 Å². The second-order valence-electron chi connectivity index (χ2n) is 8.24. The van der Waals surface area contributed by atoms with Crippen molar-refractivity contribution in [3.8, 4) is 0 Å². The molecule has 0 N–H and O–H groups in total. The van der Waals surface area contributed by atoms with Gasteiger partial charge < -0.3 is 0 Å². The summed E-state index contributed by atoms with van der Waals surface area (Å²) < 4.78 is 0. The highest BCUT2D eigenvalue weighted by Crippen LogP contribution is 2.37. The molecule has 0 aliphatic heterocycles. The Morgan fingerprint density at radius 1 is 0.850 bits per heavy atom. The van der Waals surface area contributed by atoms with Gasteiger partial charge in [-0.15, -0.1) is 0 Å². The summed E-state index contributed by atoms with van der Waals surface area (Å²) in [5.74, 6) is 0. The van der Waals surface area contributed by atoms with E-state index < -0.39 is 8.07 Å². The summed E-state index contributed by atoms with van der Waals surface area (Å²) in [6.07, 6.45) is 5.38. The summed E-state index contributed by atoms with van der Waals surface area (Å²) in [5.41, 5.74) is 4.85. The monoisotopic (exact) mass is 286 g/mol. The van der Waals surface area contributed by atoms with Crippen molar-refractivity contribution in [2.45, 2.75) is 71.5 Å². The maximum absolute atomic E-state index is 2.50. The van der Waals surface area contributed by atoms with E-state index in [1.807, 2.05) is 5.20 Å². The number of hydrogen-bond acceptors (Lipinski definition) is 0. The summed E-state index contributed by atoms with van der Waals surface area (Å²) >= 11 is 0. The topological polar surface area (TPSA) is 0 Å². The fourth-order valence-corrected chi connectivity index (χ4v) is 5.32. The van der Waals surface area contributed by atoms with E-state index >= 15 is 0 Å². The van der Waals surface area contributed by atoms with Crippen LogP contribution in [0.4, 0.5) is 0 Å². The van der Waals surface area contributed by atoms with Gasteiger partial charge in [0.25, 0.3) is 0 Å². The van der Waals surface area contributed by atoms with Gasteiger partial charge in [-0.05, 0) is 47.8 Å². The van der Waals surface area contributed by atoms with Gasteiger partial charge in [0.05, 0.1) is 8.07 Å². The third-order valence-corrected chi connectivity index (χ3v) is 6.83. The van der Waals surface area contributed by atoms with E-state index in [0.29, 0.717) is 0 Å². The zero-order valence-electron chi connectivity index (χ0n) is 14.1. The van der Waals surface area contributed by atoms with E-state index in [9.17, 15) is 0 Å². The highest BCUT2D eigenvalue weighted by atomic mass is 28.3. The van der Waals surface area contributed by atoms with Gasteiger partial charge in [-0.2, -0.15) is 0 Å².